The monoisotopic (exact) mass is 395 g/mol. The summed E-state index contributed by atoms with van der Waals surface area (Å²) in [6.07, 6.45) is 0. The first-order valence-electron chi connectivity index (χ1n) is 7.88. The molecular formula is C17H22BrN3O3. The third-order valence-electron chi connectivity index (χ3n) is 3.50. The van der Waals surface area contributed by atoms with Crippen molar-refractivity contribution in [3.05, 3.63) is 39.6 Å². The van der Waals surface area contributed by atoms with Crippen molar-refractivity contribution in [1.29, 1.82) is 0 Å². The third-order valence-corrected chi connectivity index (χ3v) is 4.47. The molecule has 1 amide bonds. The van der Waals surface area contributed by atoms with E-state index < -0.39 is 0 Å². The van der Waals surface area contributed by atoms with E-state index in [0.717, 1.165) is 11.3 Å². The van der Waals surface area contributed by atoms with Gasteiger partial charge in [-0.3, -0.25) is 9.89 Å². The molecule has 0 spiro atoms. The van der Waals surface area contributed by atoms with E-state index in [-0.39, 0.29) is 11.9 Å². The molecule has 2 rings (SSSR count). The second-order valence-corrected chi connectivity index (χ2v) is 6.07. The number of ether oxygens (including phenoxy) is 2. The average molecular weight is 396 g/mol. The molecule has 24 heavy (non-hydrogen) atoms. The van der Waals surface area contributed by atoms with Crippen LogP contribution in [0.5, 0.6) is 11.5 Å². The van der Waals surface area contributed by atoms with E-state index in [1.165, 1.54) is 0 Å². The lowest BCUT2D eigenvalue weighted by Crippen LogP contribution is -2.27. The molecule has 1 aromatic carbocycles. The molecular weight excluding hydrogens is 374 g/mol. The second kappa shape index (κ2) is 8.19. The highest BCUT2D eigenvalue weighted by Gasteiger charge is 2.19. The van der Waals surface area contributed by atoms with E-state index in [1.54, 1.807) is 0 Å². The van der Waals surface area contributed by atoms with Gasteiger partial charge in [-0.15, -0.1) is 0 Å². The number of hydrogen-bond acceptors (Lipinski definition) is 4. The number of hydrogen-bond donors (Lipinski definition) is 2. The quantitative estimate of drug-likeness (QED) is 0.747. The summed E-state index contributed by atoms with van der Waals surface area (Å²) in [5, 5.41) is 9.74. The van der Waals surface area contributed by atoms with Crippen LogP contribution in [0.2, 0.25) is 0 Å². The van der Waals surface area contributed by atoms with Crippen molar-refractivity contribution >= 4 is 21.8 Å². The van der Waals surface area contributed by atoms with Gasteiger partial charge in [-0.05, 0) is 61.3 Å². The number of carbonyl (C=O) groups is 1. The Labute approximate surface area is 150 Å². The number of rotatable bonds is 7. The number of halogens is 1. The number of nitrogens with one attached hydrogen (secondary N) is 2. The van der Waals surface area contributed by atoms with Crippen molar-refractivity contribution in [1.82, 2.24) is 15.5 Å². The summed E-state index contributed by atoms with van der Waals surface area (Å²) in [5.74, 6) is 1.13. The van der Waals surface area contributed by atoms with E-state index in [1.807, 2.05) is 45.9 Å². The predicted octanol–water partition coefficient (Wildman–Crippen LogP) is 3.77. The number of aromatic nitrogens is 2. The Bertz CT molecular complexity index is 715. The number of carbonyl (C=O) groups excluding carboxylic acids is 1. The molecule has 2 N–H and O–H groups in total. The Morgan fingerprint density at radius 1 is 1.29 bits per heavy atom. The largest absolute Gasteiger partial charge is 0.490 e. The zero-order valence-electron chi connectivity index (χ0n) is 14.3. The summed E-state index contributed by atoms with van der Waals surface area (Å²) >= 11 is 3.36. The molecule has 0 aliphatic heterocycles. The zero-order chi connectivity index (χ0) is 17.7. The van der Waals surface area contributed by atoms with Crippen molar-refractivity contribution in [2.75, 3.05) is 13.2 Å². The molecule has 0 radical (unpaired) electrons. The third kappa shape index (κ3) is 4.08. The van der Waals surface area contributed by atoms with Crippen molar-refractivity contribution < 1.29 is 14.3 Å². The van der Waals surface area contributed by atoms with Crippen LogP contribution in [0, 0.1) is 6.92 Å². The van der Waals surface area contributed by atoms with Crippen molar-refractivity contribution in [3.63, 3.8) is 0 Å². The van der Waals surface area contributed by atoms with Gasteiger partial charge in [0.05, 0.1) is 23.7 Å². The fourth-order valence-corrected chi connectivity index (χ4v) is 2.61. The first-order chi connectivity index (χ1) is 11.5. The number of H-pyrrole nitrogens is 1. The molecule has 6 nitrogen and oxygen atoms in total. The van der Waals surface area contributed by atoms with Crippen LogP contribution in [0.4, 0.5) is 0 Å². The van der Waals surface area contributed by atoms with Gasteiger partial charge in [-0.1, -0.05) is 6.07 Å². The fourth-order valence-electron chi connectivity index (χ4n) is 2.25. The molecule has 130 valence electrons. The van der Waals surface area contributed by atoms with Crippen LogP contribution in [0.1, 0.15) is 48.6 Å². The molecule has 2 aromatic rings. The van der Waals surface area contributed by atoms with Gasteiger partial charge in [0, 0.05) is 5.69 Å². The number of benzene rings is 1. The smallest absolute Gasteiger partial charge is 0.273 e. The topological polar surface area (TPSA) is 76.2 Å². The minimum absolute atomic E-state index is 0.198. The van der Waals surface area contributed by atoms with Crippen LogP contribution in [0.3, 0.4) is 0 Å². The van der Waals surface area contributed by atoms with Gasteiger partial charge in [-0.25, -0.2) is 0 Å². The van der Waals surface area contributed by atoms with E-state index in [9.17, 15) is 4.79 Å². The number of nitrogens with zero attached hydrogens (tertiary/aromatic N) is 1. The Balaban J connectivity index is 2.16. The summed E-state index contributed by atoms with van der Waals surface area (Å²) < 4.78 is 11.9. The van der Waals surface area contributed by atoms with Crippen LogP contribution in [-0.4, -0.2) is 29.3 Å². The standard InChI is InChI=1S/C17H22BrN3O3/c1-5-23-13-8-7-12(9-14(13)24-6-2)10(3)19-17(22)16-15(18)11(4)20-21-16/h7-10H,5-6H2,1-4H3,(H,19,22)(H,20,21). The van der Waals surface area contributed by atoms with Crippen LogP contribution in [-0.2, 0) is 0 Å². The highest BCUT2D eigenvalue weighted by molar-refractivity contribution is 9.10. The molecule has 0 saturated carbocycles. The maximum Gasteiger partial charge on any atom is 0.273 e. The molecule has 7 heteroatoms. The van der Waals surface area contributed by atoms with Crippen molar-refractivity contribution in [2.45, 2.75) is 33.7 Å². The van der Waals surface area contributed by atoms with Crippen LogP contribution in [0.25, 0.3) is 0 Å². The van der Waals surface area contributed by atoms with E-state index in [4.69, 9.17) is 9.47 Å². The molecule has 0 fully saturated rings. The molecule has 1 atom stereocenters. The summed E-state index contributed by atoms with van der Waals surface area (Å²) in [7, 11) is 0. The summed E-state index contributed by atoms with van der Waals surface area (Å²) in [6, 6.07) is 5.48. The van der Waals surface area contributed by atoms with Crippen molar-refractivity contribution in [3.8, 4) is 11.5 Å². The van der Waals surface area contributed by atoms with Gasteiger partial charge in [-0.2, -0.15) is 5.10 Å². The van der Waals surface area contributed by atoms with Gasteiger partial charge >= 0.3 is 0 Å². The molecule has 1 unspecified atom stereocenters. The van der Waals surface area contributed by atoms with Gasteiger partial charge in [0.15, 0.2) is 17.2 Å². The molecule has 0 saturated heterocycles. The summed E-state index contributed by atoms with van der Waals surface area (Å²) in [5.41, 5.74) is 2.08. The normalized spacial score (nSPS) is 11.9. The molecule has 0 aliphatic carbocycles. The van der Waals surface area contributed by atoms with Crippen LogP contribution < -0.4 is 14.8 Å². The van der Waals surface area contributed by atoms with Gasteiger partial charge in [0.1, 0.15) is 0 Å². The first kappa shape index (κ1) is 18.3. The minimum atomic E-state index is -0.245. The minimum Gasteiger partial charge on any atom is -0.490 e. The zero-order valence-corrected chi connectivity index (χ0v) is 15.9. The summed E-state index contributed by atoms with van der Waals surface area (Å²) in [4.78, 5) is 12.4. The SMILES string of the molecule is CCOc1ccc(C(C)NC(=O)c2n[nH]c(C)c2Br)cc1OCC. The van der Waals surface area contributed by atoms with Crippen LogP contribution >= 0.6 is 15.9 Å². The first-order valence-corrected chi connectivity index (χ1v) is 8.68. The Morgan fingerprint density at radius 2 is 1.96 bits per heavy atom. The lowest BCUT2D eigenvalue weighted by Gasteiger charge is -2.17. The fraction of sp³-hybridized carbons (Fsp3) is 0.412. The number of aromatic amines is 1. The van der Waals surface area contributed by atoms with Gasteiger partial charge in [0.2, 0.25) is 0 Å². The average Bonchev–Trinajstić information content (AvgIpc) is 2.89. The van der Waals surface area contributed by atoms with Gasteiger partial charge in [0.25, 0.3) is 5.91 Å². The predicted molar refractivity (Wildman–Crippen MR) is 95.7 cm³/mol. The van der Waals surface area contributed by atoms with E-state index in [0.29, 0.717) is 34.9 Å². The van der Waals surface area contributed by atoms with Crippen LogP contribution in [0.15, 0.2) is 22.7 Å². The Morgan fingerprint density at radius 3 is 2.54 bits per heavy atom. The number of amides is 1. The maximum atomic E-state index is 12.4. The highest BCUT2D eigenvalue weighted by atomic mass is 79.9. The number of aryl methyl sites for hydroxylation is 1. The second-order valence-electron chi connectivity index (χ2n) is 5.28. The Hall–Kier alpha value is -2.02. The highest BCUT2D eigenvalue weighted by Crippen LogP contribution is 2.31. The lowest BCUT2D eigenvalue weighted by molar-refractivity contribution is 0.0934. The summed E-state index contributed by atoms with van der Waals surface area (Å²) in [6.45, 7) is 8.72. The van der Waals surface area contributed by atoms with E-state index >= 15 is 0 Å². The van der Waals surface area contributed by atoms with Crippen molar-refractivity contribution in [2.24, 2.45) is 0 Å². The lowest BCUT2D eigenvalue weighted by atomic mass is 10.1. The molecule has 0 bridgehead atoms. The van der Waals surface area contributed by atoms with E-state index in [2.05, 4.69) is 31.4 Å². The maximum absolute atomic E-state index is 12.4. The molecule has 1 heterocycles. The molecule has 1 aromatic heterocycles. The molecule has 0 aliphatic rings. The van der Waals surface area contributed by atoms with Gasteiger partial charge < -0.3 is 14.8 Å². The Kier molecular flexibility index (Phi) is 6.25.